The monoisotopic (exact) mass is 500 g/mol. The Balaban J connectivity index is 1.30. The van der Waals surface area contributed by atoms with Crippen LogP contribution in [0, 0.1) is 13.8 Å². The van der Waals surface area contributed by atoms with Gasteiger partial charge in [0, 0.05) is 12.2 Å². The molecule has 4 aromatic rings. The van der Waals surface area contributed by atoms with E-state index in [2.05, 4.69) is 38.7 Å². The molecule has 0 aliphatic rings. The summed E-state index contributed by atoms with van der Waals surface area (Å²) in [6.07, 6.45) is 0. The number of benzene rings is 3. The minimum absolute atomic E-state index is 0.127. The van der Waals surface area contributed by atoms with Crippen LogP contribution < -0.4 is 10.1 Å². The van der Waals surface area contributed by atoms with Gasteiger partial charge in [0.1, 0.15) is 12.4 Å². The number of carbonyl (C=O) groups excluding carboxylic acids is 1. The summed E-state index contributed by atoms with van der Waals surface area (Å²) in [7, 11) is 0. The molecule has 0 spiro atoms. The van der Waals surface area contributed by atoms with Crippen LogP contribution in [0.1, 0.15) is 23.9 Å². The van der Waals surface area contributed by atoms with Gasteiger partial charge in [0.05, 0.1) is 17.1 Å². The van der Waals surface area contributed by atoms with Gasteiger partial charge < -0.3 is 14.6 Å². The Morgan fingerprint density at radius 1 is 0.944 bits per heavy atom. The highest BCUT2D eigenvalue weighted by atomic mass is 32.2. The largest absolute Gasteiger partial charge is 0.485 e. The van der Waals surface area contributed by atoms with Gasteiger partial charge in [-0.2, -0.15) is 10.2 Å². The first-order valence-electron chi connectivity index (χ1n) is 11.6. The van der Waals surface area contributed by atoms with Crippen molar-refractivity contribution < 1.29 is 9.53 Å². The Hall–Kier alpha value is -3.98. The molecule has 184 valence electrons. The second-order valence-electron chi connectivity index (χ2n) is 8.05. The fraction of sp³-hybridized carbons (Fsp3) is 0.222. The molecule has 1 aromatic heterocycles. The van der Waals surface area contributed by atoms with Crippen molar-refractivity contribution >= 4 is 34.7 Å². The molecule has 3 aromatic carbocycles. The molecule has 0 saturated carbocycles. The average molecular weight is 501 g/mol. The molecule has 0 fully saturated rings. The minimum Gasteiger partial charge on any atom is -0.485 e. The van der Waals surface area contributed by atoms with Crippen LogP contribution in [0.25, 0.3) is 0 Å². The average Bonchev–Trinajstić information content (AvgIpc) is 3.30. The Morgan fingerprint density at radius 2 is 1.67 bits per heavy atom. The summed E-state index contributed by atoms with van der Waals surface area (Å²) in [5, 5.41) is 20.5. The molecule has 0 aliphatic heterocycles. The fourth-order valence-corrected chi connectivity index (χ4v) is 4.24. The molecule has 0 unspecified atom stereocenters. The normalized spacial score (nSPS) is 11.1. The molecule has 9 heteroatoms. The van der Waals surface area contributed by atoms with E-state index < -0.39 is 0 Å². The minimum atomic E-state index is -0.127. The number of amides is 1. The number of nitrogens with zero attached hydrogens (tertiary/aromatic N) is 5. The quantitative estimate of drug-likeness (QED) is 0.195. The molecule has 1 heterocycles. The predicted molar refractivity (Wildman–Crippen MR) is 142 cm³/mol. The molecular weight excluding hydrogens is 472 g/mol. The summed E-state index contributed by atoms with van der Waals surface area (Å²) in [4.78, 5) is 12.5. The number of carbonyl (C=O) groups is 1. The van der Waals surface area contributed by atoms with Gasteiger partial charge in [0.2, 0.25) is 5.91 Å². The summed E-state index contributed by atoms with van der Waals surface area (Å²) in [6.45, 7) is 7.11. The van der Waals surface area contributed by atoms with Crippen LogP contribution in [0.15, 0.2) is 88.2 Å². The summed E-state index contributed by atoms with van der Waals surface area (Å²) in [6, 6.07) is 22.7. The van der Waals surface area contributed by atoms with Gasteiger partial charge in [-0.25, -0.2) is 0 Å². The summed E-state index contributed by atoms with van der Waals surface area (Å²) in [5.41, 5.74) is 4.47. The summed E-state index contributed by atoms with van der Waals surface area (Å²) < 4.78 is 7.96. The van der Waals surface area contributed by atoms with Crippen molar-refractivity contribution in [2.75, 3.05) is 11.1 Å². The number of azo groups is 1. The lowest BCUT2D eigenvalue weighted by Gasteiger charge is -2.11. The SMILES string of the molecule is CCn1c(COc2cccc(C)c2C)nnc1SCC(=O)Nc1ccc(N=Nc2ccccc2)cc1. The van der Waals surface area contributed by atoms with E-state index in [0.717, 1.165) is 22.8 Å². The predicted octanol–water partition coefficient (Wildman–Crippen LogP) is 6.64. The molecule has 0 atom stereocenters. The first-order valence-corrected chi connectivity index (χ1v) is 12.6. The zero-order chi connectivity index (χ0) is 25.3. The molecule has 8 nitrogen and oxygen atoms in total. The van der Waals surface area contributed by atoms with Crippen LogP contribution >= 0.6 is 11.8 Å². The lowest BCUT2D eigenvalue weighted by molar-refractivity contribution is -0.113. The van der Waals surface area contributed by atoms with E-state index in [0.29, 0.717) is 29.7 Å². The lowest BCUT2D eigenvalue weighted by Crippen LogP contribution is -2.14. The first kappa shape index (κ1) is 25.1. The maximum Gasteiger partial charge on any atom is 0.234 e. The van der Waals surface area contributed by atoms with E-state index in [4.69, 9.17) is 4.74 Å². The van der Waals surface area contributed by atoms with Crippen LogP contribution in [-0.4, -0.2) is 26.4 Å². The number of hydrogen-bond donors (Lipinski definition) is 1. The number of anilines is 1. The fourth-order valence-electron chi connectivity index (χ4n) is 3.42. The third-order valence-electron chi connectivity index (χ3n) is 5.54. The molecule has 0 saturated heterocycles. The van der Waals surface area contributed by atoms with Crippen molar-refractivity contribution in [2.24, 2.45) is 10.2 Å². The van der Waals surface area contributed by atoms with E-state index in [-0.39, 0.29) is 11.7 Å². The number of rotatable bonds is 10. The molecule has 1 amide bonds. The molecular formula is C27H28N6O2S. The maximum atomic E-state index is 12.5. The van der Waals surface area contributed by atoms with E-state index >= 15 is 0 Å². The highest BCUT2D eigenvalue weighted by Gasteiger charge is 2.14. The molecule has 36 heavy (non-hydrogen) atoms. The van der Waals surface area contributed by atoms with Gasteiger partial charge >= 0.3 is 0 Å². The van der Waals surface area contributed by atoms with Crippen molar-refractivity contribution in [3.63, 3.8) is 0 Å². The molecule has 0 aliphatic carbocycles. The smallest absolute Gasteiger partial charge is 0.234 e. The first-order chi connectivity index (χ1) is 17.5. The highest BCUT2D eigenvalue weighted by Crippen LogP contribution is 2.24. The van der Waals surface area contributed by atoms with Crippen LogP contribution in [0.2, 0.25) is 0 Å². The van der Waals surface area contributed by atoms with E-state index in [1.807, 2.05) is 73.0 Å². The third-order valence-corrected chi connectivity index (χ3v) is 6.51. The standard InChI is InChI=1S/C27H28N6O2S/c1-4-33-25(17-35-24-12-8-9-19(2)20(24)3)31-32-27(33)36-18-26(34)28-21-13-15-23(16-14-21)30-29-22-10-6-5-7-11-22/h5-16H,4,17-18H2,1-3H3,(H,28,34). The van der Waals surface area contributed by atoms with E-state index in [9.17, 15) is 4.79 Å². The van der Waals surface area contributed by atoms with Crippen LogP contribution in [0.4, 0.5) is 17.1 Å². The van der Waals surface area contributed by atoms with Crippen LogP contribution in [0.5, 0.6) is 5.75 Å². The number of aromatic nitrogens is 3. The van der Waals surface area contributed by atoms with Gasteiger partial charge in [0.15, 0.2) is 11.0 Å². The lowest BCUT2D eigenvalue weighted by atomic mass is 10.1. The number of hydrogen-bond acceptors (Lipinski definition) is 7. The zero-order valence-corrected chi connectivity index (χ0v) is 21.3. The van der Waals surface area contributed by atoms with Crippen LogP contribution in [-0.2, 0) is 17.9 Å². The third kappa shape index (κ3) is 6.57. The summed E-state index contributed by atoms with van der Waals surface area (Å²) in [5.74, 6) is 1.65. The molecule has 0 bridgehead atoms. The maximum absolute atomic E-state index is 12.5. The van der Waals surface area contributed by atoms with Gasteiger partial charge in [-0.3, -0.25) is 4.79 Å². The Bertz CT molecular complexity index is 1340. The van der Waals surface area contributed by atoms with Gasteiger partial charge in [0.25, 0.3) is 0 Å². The van der Waals surface area contributed by atoms with Crippen LogP contribution in [0.3, 0.4) is 0 Å². The number of ether oxygens (including phenoxy) is 1. The van der Waals surface area contributed by atoms with Gasteiger partial charge in [-0.1, -0.05) is 42.1 Å². The molecule has 4 rings (SSSR count). The Kier molecular flexibility index (Phi) is 8.46. The molecule has 1 N–H and O–H groups in total. The van der Waals surface area contributed by atoms with E-state index in [1.54, 1.807) is 12.1 Å². The summed E-state index contributed by atoms with van der Waals surface area (Å²) >= 11 is 1.34. The highest BCUT2D eigenvalue weighted by molar-refractivity contribution is 7.99. The van der Waals surface area contributed by atoms with Crippen molar-refractivity contribution in [3.05, 3.63) is 89.7 Å². The van der Waals surface area contributed by atoms with Gasteiger partial charge in [-0.05, 0) is 74.4 Å². The topological polar surface area (TPSA) is 93.8 Å². The van der Waals surface area contributed by atoms with Gasteiger partial charge in [-0.15, -0.1) is 10.2 Å². The van der Waals surface area contributed by atoms with E-state index in [1.165, 1.54) is 17.3 Å². The van der Waals surface area contributed by atoms with Crippen molar-refractivity contribution in [1.82, 2.24) is 14.8 Å². The number of thioether (sulfide) groups is 1. The second kappa shape index (κ2) is 12.1. The second-order valence-corrected chi connectivity index (χ2v) is 8.99. The van der Waals surface area contributed by atoms with Crippen molar-refractivity contribution in [2.45, 2.75) is 39.1 Å². The Morgan fingerprint density at radius 3 is 2.39 bits per heavy atom. The number of aryl methyl sites for hydroxylation is 1. The van der Waals surface area contributed by atoms with Crippen molar-refractivity contribution in [3.8, 4) is 5.75 Å². The number of nitrogens with one attached hydrogen (secondary N) is 1. The van der Waals surface area contributed by atoms with Crippen molar-refractivity contribution in [1.29, 1.82) is 0 Å². The zero-order valence-electron chi connectivity index (χ0n) is 20.5. The molecule has 0 radical (unpaired) electrons. The Labute approximate surface area is 214 Å².